The highest BCUT2D eigenvalue weighted by Crippen LogP contribution is 2.49. The summed E-state index contributed by atoms with van der Waals surface area (Å²) in [7, 11) is -4.73. The molecule has 0 saturated carbocycles. The maximum absolute atomic E-state index is 13.4. The number of aliphatic hydroxyl groups is 1. The van der Waals surface area contributed by atoms with Crippen LogP contribution in [0.1, 0.15) is 37.8 Å². The molecule has 192 valence electrons. The highest BCUT2D eigenvalue weighted by atomic mass is 32.2. The minimum atomic E-state index is -4.86. The number of sulfone groups is 1. The van der Waals surface area contributed by atoms with Gasteiger partial charge in [-0.05, 0) is 55.2 Å². The van der Waals surface area contributed by atoms with Crippen LogP contribution in [0.4, 0.5) is 37.7 Å². The number of β-amino-alcohol motifs (C(OH)–C–C–N with tert-alkyl or cyclic N) is 1. The van der Waals surface area contributed by atoms with Crippen molar-refractivity contribution in [2.45, 2.75) is 67.0 Å². The van der Waals surface area contributed by atoms with Gasteiger partial charge >= 0.3 is 12.4 Å². The Bertz CT molecular complexity index is 1160. The van der Waals surface area contributed by atoms with Gasteiger partial charge in [0.1, 0.15) is 0 Å². The predicted octanol–water partition coefficient (Wildman–Crippen LogP) is 5.15. The van der Waals surface area contributed by atoms with Crippen LogP contribution in [-0.4, -0.2) is 38.3 Å². The molecule has 4 rings (SSSR count). The lowest BCUT2D eigenvalue weighted by atomic mass is 9.96. The zero-order valence-corrected chi connectivity index (χ0v) is 19.6. The lowest BCUT2D eigenvalue weighted by Crippen LogP contribution is -2.46. The van der Waals surface area contributed by atoms with E-state index in [1.54, 1.807) is 0 Å². The molecule has 1 saturated heterocycles. The summed E-state index contributed by atoms with van der Waals surface area (Å²) >= 11 is 0. The van der Waals surface area contributed by atoms with Gasteiger partial charge in [-0.3, -0.25) is 0 Å². The van der Waals surface area contributed by atoms with Crippen LogP contribution in [0.5, 0.6) is 0 Å². The van der Waals surface area contributed by atoms with E-state index >= 15 is 0 Å². The van der Waals surface area contributed by atoms with Crippen molar-refractivity contribution in [3.8, 4) is 0 Å². The van der Waals surface area contributed by atoms with Gasteiger partial charge in [0.25, 0.3) is 0 Å². The number of nitrogens with one attached hydrogen (secondary N) is 1. The van der Waals surface area contributed by atoms with E-state index in [2.05, 4.69) is 5.32 Å². The van der Waals surface area contributed by atoms with Gasteiger partial charge in [-0.1, -0.05) is 13.8 Å². The summed E-state index contributed by atoms with van der Waals surface area (Å²) in [5.74, 6) is 0.214. The van der Waals surface area contributed by atoms with Crippen molar-refractivity contribution >= 4 is 21.2 Å². The van der Waals surface area contributed by atoms with E-state index in [1.165, 1.54) is 4.90 Å². The average Bonchev–Trinajstić information content (AvgIpc) is 2.94. The molecule has 2 aromatic rings. The second kappa shape index (κ2) is 8.67. The Balaban J connectivity index is 1.94. The van der Waals surface area contributed by atoms with Crippen molar-refractivity contribution in [3.05, 3.63) is 47.5 Å². The fourth-order valence-corrected chi connectivity index (χ4v) is 6.42. The maximum atomic E-state index is 13.4. The molecule has 35 heavy (non-hydrogen) atoms. The van der Waals surface area contributed by atoms with E-state index in [1.807, 2.05) is 13.8 Å². The molecule has 0 bridgehead atoms. The summed E-state index contributed by atoms with van der Waals surface area (Å²) in [4.78, 5) is -0.117. The fourth-order valence-electron chi connectivity index (χ4n) is 4.74. The molecule has 2 aromatic carbocycles. The Hall–Kier alpha value is -2.31. The summed E-state index contributed by atoms with van der Waals surface area (Å²) in [5, 5.41) is 14.2. The summed E-state index contributed by atoms with van der Waals surface area (Å²) in [6, 6.07) is 3.60. The molecule has 2 aliphatic rings. The Morgan fingerprint density at radius 3 is 1.83 bits per heavy atom. The molecule has 2 aliphatic heterocycles. The number of hydrogen-bond donors (Lipinski definition) is 2. The molecular formula is C23H24F6N2O3S. The normalized spacial score (nSPS) is 24.6. The minimum Gasteiger partial charge on any atom is -0.390 e. The zero-order chi connectivity index (χ0) is 25.9. The molecule has 3 atom stereocenters. The molecule has 5 nitrogen and oxygen atoms in total. The third-order valence-electron chi connectivity index (χ3n) is 6.62. The number of fused-ring (bicyclic) bond motifs is 2. The van der Waals surface area contributed by atoms with Crippen LogP contribution in [0.15, 0.2) is 46.2 Å². The van der Waals surface area contributed by atoms with E-state index in [9.17, 15) is 39.9 Å². The Morgan fingerprint density at radius 1 is 0.914 bits per heavy atom. The number of benzene rings is 2. The van der Waals surface area contributed by atoms with Crippen molar-refractivity contribution in [3.63, 3.8) is 0 Å². The molecule has 1 fully saturated rings. The molecule has 12 heteroatoms. The van der Waals surface area contributed by atoms with Crippen LogP contribution in [0.3, 0.4) is 0 Å². The first kappa shape index (κ1) is 25.8. The lowest BCUT2D eigenvalue weighted by Gasteiger charge is -2.40. The Morgan fingerprint density at radius 2 is 1.40 bits per heavy atom. The zero-order valence-electron chi connectivity index (χ0n) is 18.8. The van der Waals surface area contributed by atoms with Gasteiger partial charge in [0.2, 0.25) is 9.84 Å². The van der Waals surface area contributed by atoms with Gasteiger partial charge in [0, 0.05) is 12.6 Å². The second-order valence-electron chi connectivity index (χ2n) is 9.20. The van der Waals surface area contributed by atoms with Crippen molar-refractivity contribution in [1.29, 1.82) is 0 Å². The van der Waals surface area contributed by atoms with Gasteiger partial charge in [-0.25, -0.2) is 8.42 Å². The van der Waals surface area contributed by atoms with Crippen LogP contribution in [0.2, 0.25) is 0 Å². The summed E-state index contributed by atoms with van der Waals surface area (Å²) in [5.41, 5.74) is -2.70. The number of anilines is 2. The number of rotatable bonds is 2. The van der Waals surface area contributed by atoms with Gasteiger partial charge in [0.15, 0.2) is 0 Å². The van der Waals surface area contributed by atoms with Crippen molar-refractivity contribution in [2.24, 2.45) is 5.92 Å². The van der Waals surface area contributed by atoms with E-state index in [0.717, 1.165) is 24.3 Å². The first-order valence-electron chi connectivity index (χ1n) is 11.0. The second-order valence-corrected chi connectivity index (χ2v) is 11.1. The maximum Gasteiger partial charge on any atom is 0.416 e. The van der Waals surface area contributed by atoms with Crippen LogP contribution in [0.25, 0.3) is 0 Å². The summed E-state index contributed by atoms with van der Waals surface area (Å²) < 4.78 is 107. The number of alkyl halides is 6. The SMILES string of the molecule is CC(C)C1CC[C@H](N2c3ccc(C(F)(F)F)cc3S(=O)(=O)c3cc(C(F)(F)F)ccc32)[C@@H](O)CN1. The van der Waals surface area contributed by atoms with E-state index in [4.69, 9.17) is 0 Å². The molecular weight excluding hydrogens is 498 g/mol. The molecule has 1 unspecified atom stereocenters. The van der Waals surface area contributed by atoms with Crippen molar-refractivity contribution in [2.75, 3.05) is 11.4 Å². The van der Waals surface area contributed by atoms with Crippen LogP contribution in [0, 0.1) is 5.92 Å². The van der Waals surface area contributed by atoms with Gasteiger partial charge in [-0.2, -0.15) is 26.3 Å². The Labute approximate surface area is 198 Å². The summed E-state index contributed by atoms with van der Waals surface area (Å²) in [6.07, 6.45) is -9.89. The summed E-state index contributed by atoms with van der Waals surface area (Å²) in [6.45, 7) is 4.10. The van der Waals surface area contributed by atoms with E-state index in [0.29, 0.717) is 25.0 Å². The number of nitrogens with zero attached hydrogens (tertiary/aromatic N) is 1. The number of hydrogen-bond acceptors (Lipinski definition) is 5. The molecule has 0 aromatic heterocycles. The average molecular weight is 523 g/mol. The predicted molar refractivity (Wildman–Crippen MR) is 116 cm³/mol. The van der Waals surface area contributed by atoms with E-state index in [-0.39, 0.29) is 29.9 Å². The molecule has 0 spiro atoms. The van der Waals surface area contributed by atoms with Crippen LogP contribution in [-0.2, 0) is 22.2 Å². The topological polar surface area (TPSA) is 69.6 Å². The van der Waals surface area contributed by atoms with Gasteiger partial charge < -0.3 is 15.3 Å². The quantitative estimate of drug-likeness (QED) is 0.535. The number of aliphatic hydroxyl groups excluding tert-OH is 1. The standard InChI is InChI=1S/C23H24F6N2O3S/c1-12(2)15-5-8-16(19(32)11-30-15)31-17-6-3-13(22(24,25)26)9-20(17)35(33,34)21-10-14(23(27,28)29)4-7-18(21)31/h3-4,6-7,9-10,12,15-16,19,30,32H,5,8,11H2,1-2H3/t15?,16-,19-/m0/s1. The molecule has 0 aliphatic carbocycles. The van der Waals surface area contributed by atoms with Crippen molar-refractivity contribution in [1.82, 2.24) is 5.32 Å². The molecule has 2 N–H and O–H groups in total. The molecule has 0 radical (unpaired) electrons. The highest BCUT2D eigenvalue weighted by Gasteiger charge is 2.44. The highest BCUT2D eigenvalue weighted by molar-refractivity contribution is 7.92. The first-order valence-corrected chi connectivity index (χ1v) is 12.5. The fraction of sp³-hybridized carbons (Fsp3) is 0.478. The third-order valence-corrected chi connectivity index (χ3v) is 8.43. The largest absolute Gasteiger partial charge is 0.416 e. The van der Waals surface area contributed by atoms with Gasteiger partial charge in [0.05, 0.1) is 44.4 Å². The molecule has 2 heterocycles. The number of halogens is 6. The minimum absolute atomic E-state index is 0.0299. The van der Waals surface area contributed by atoms with Crippen LogP contribution >= 0.6 is 0 Å². The van der Waals surface area contributed by atoms with Crippen molar-refractivity contribution < 1.29 is 39.9 Å². The smallest absolute Gasteiger partial charge is 0.390 e. The van der Waals surface area contributed by atoms with Gasteiger partial charge in [-0.15, -0.1) is 0 Å². The Kier molecular flexibility index (Phi) is 6.38. The molecule has 0 amide bonds. The van der Waals surface area contributed by atoms with E-state index < -0.39 is 55.3 Å². The lowest BCUT2D eigenvalue weighted by molar-refractivity contribution is -0.138. The monoisotopic (exact) mass is 522 g/mol. The third kappa shape index (κ3) is 4.63. The first-order chi connectivity index (χ1) is 16.1. The van der Waals surface area contributed by atoms with Crippen LogP contribution < -0.4 is 10.2 Å².